The normalized spacial score (nSPS) is 13.6. The van der Waals surface area contributed by atoms with Crippen LogP contribution in [0.25, 0.3) is 10.8 Å². The van der Waals surface area contributed by atoms with E-state index in [-0.39, 0.29) is 12.3 Å². The second-order valence-corrected chi connectivity index (χ2v) is 9.91. The third-order valence-corrected chi connectivity index (χ3v) is 7.39. The van der Waals surface area contributed by atoms with Gasteiger partial charge in [-0.3, -0.25) is 0 Å². The molecule has 1 aliphatic rings. The Morgan fingerprint density at radius 3 is 2.15 bits per heavy atom. The van der Waals surface area contributed by atoms with Crippen molar-refractivity contribution in [2.24, 2.45) is 4.99 Å². The number of hydrogen-bond acceptors (Lipinski definition) is 5. The molecule has 5 nitrogen and oxygen atoms in total. The number of nitrogens with one attached hydrogen (secondary N) is 1. The molecule has 6 rings (SSSR count). The molecule has 0 saturated carbocycles. The quantitative estimate of drug-likeness (QED) is 0.234. The number of ether oxygens (including phenoxy) is 1. The van der Waals surface area contributed by atoms with E-state index in [1.54, 1.807) is 6.92 Å². The van der Waals surface area contributed by atoms with Crippen molar-refractivity contribution >= 4 is 45.6 Å². The van der Waals surface area contributed by atoms with E-state index in [4.69, 9.17) is 26.3 Å². The molecular formula is C33H26ClN3O2. The molecule has 0 atom stereocenters. The van der Waals surface area contributed by atoms with Gasteiger partial charge >= 0.3 is 5.97 Å². The van der Waals surface area contributed by atoms with E-state index in [1.807, 2.05) is 85.8 Å². The van der Waals surface area contributed by atoms with Gasteiger partial charge in [-0.15, -0.1) is 0 Å². The SMILES string of the molecule is CCOC(=O)c1cc2c(C)ccc3c2c(n1)C(c1ccccc1)(c1ccccc1)C(Nc1ccc(Cl)cc1)=N3. The zero-order valence-corrected chi connectivity index (χ0v) is 22.4. The number of nitrogens with zero attached hydrogens (tertiary/aromatic N) is 2. The van der Waals surface area contributed by atoms with Crippen molar-refractivity contribution in [3.05, 3.63) is 136 Å². The van der Waals surface area contributed by atoms with Crippen LogP contribution in [0.5, 0.6) is 0 Å². The molecular weight excluding hydrogens is 506 g/mol. The van der Waals surface area contributed by atoms with Crippen LogP contribution in [0.2, 0.25) is 5.02 Å². The molecule has 192 valence electrons. The van der Waals surface area contributed by atoms with Gasteiger partial charge in [0.1, 0.15) is 16.9 Å². The van der Waals surface area contributed by atoms with E-state index in [1.165, 1.54) is 0 Å². The van der Waals surface area contributed by atoms with Crippen LogP contribution in [0, 0.1) is 6.92 Å². The molecule has 0 aliphatic carbocycles. The first-order valence-electron chi connectivity index (χ1n) is 12.9. The Hall–Kier alpha value is -4.48. The molecule has 2 heterocycles. The molecule has 5 aromatic rings. The van der Waals surface area contributed by atoms with Crippen LogP contribution in [0.4, 0.5) is 11.4 Å². The maximum atomic E-state index is 13.1. The smallest absolute Gasteiger partial charge is 0.356 e. The van der Waals surface area contributed by atoms with Crippen LogP contribution in [-0.4, -0.2) is 23.4 Å². The topological polar surface area (TPSA) is 63.6 Å². The predicted octanol–water partition coefficient (Wildman–Crippen LogP) is 7.86. The van der Waals surface area contributed by atoms with Crippen molar-refractivity contribution in [1.82, 2.24) is 4.98 Å². The first kappa shape index (κ1) is 24.8. The number of carbonyl (C=O) groups is 1. The number of carbonyl (C=O) groups excluding carboxylic acids is 1. The molecule has 4 aromatic carbocycles. The number of aromatic nitrogens is 1. The monoisotopic (exact) mass is 531 g/mol. The lowest BCUT2D eigenvalue weighted by Crippen LogP contribution is -2.45. The van der Waals surface area contributed by atoms with Crippen LogP contribution < -0.4 is 5.32 Å². The van der Waals surface area contributed by atoms with Gasteiger partial charge in [-0.1, -0.05) is 78.3 Å². The third-order valence-electron chi connectivity index (χ3n) is 7.14. The van der Waals surface area contributed by atoms with Gasteiger partial charge in [0.2, 0.25) is 0 Å². The first-order valence-corrected chi connectivity index (χ1v) is 13.2. The molecule has 0 fully saturated rings. The standard InChI is InChI=1S/C33H26ClN3O2/c1-3-39-31(38)28-20-26-21(2)14-19-27-29(26)30(36-28)33(22-10-6-4-7-11-22,23-12-8-5-9-13-23)32(37-27)35-25-17-15-24(34)16-18-25/h4-20H,3H2,1-2H3,(H,35,37). The number of rotatable bonds is 5. The highest BCUT2D eigenvalue weighted by atomic mass is 35.5. The summed E-state index contributed by atoms with van der Waals surface area (Å²) >= 11 is 6.20. The molecule has 0 saturated heterocycles. The number of aryl methyl sites for hydroxylation is 1. The molecule has 0 bridgehead atoms. The number of benzene rings is 4. The van der Waals surface area contributed by atoms with E-state index in [0.717, 1.165) is 44.5 Å². The van der Waals surface area contributed by atoms with Crippen LogP contribution in [0.3, 0.4) is 0 Å². The minimum atomic E-state index is -0.955. The number of aliphatic imine (C=N–C) groups is 1. The van der Waals surface area contributed by atoms with Crippen LogP contribution in [-0.2, 0) is 10.2 Å². The van der Waals surface area contributed by atoms with E-state index >= 15 is 0 Å². The van der Waals surface area contributed by atoms with E-state index in [0.29, 0.717) is 10.9 Å². The minimum absolute atomic E-state index is 0.264. The summed E-state index contributed by atoms with van der Waals surface area (Å²) in [7, 11) is 0. The number of amidine groups is 1. The largest absolute Gasteiger partial charge is 0.461 e. The van der Waals surface area contributed by atoms with E-state index in [9.17, 15) is 4.79 Å². The fraction of sp³-hybridized carbons (Fsp3) is 0.121. The summed E-state index contributed by atoms with van der Waals surface area (Å²) in [6.45, 7) is 4.10. The maximum Gasteiger partial charge on any atom is 0.356 e. The van der Waals surface area contributed by atoms with Crippen LogP contribution >= 0.6 is 11.6 Å². The summed E-state index contributed by atoms with van der Waals surface area (Å²) in [4.78, 5) is 23.5. The number of pyridine rings is 1. The van der Waals surface area contributed by atoms with Gasteiger partial charge in [-0.25, -0.2) is 14.8 Å². The third kappa shape index (κ3) is 4.16. The fourth-order valence-corrected chi connectivity index (χ4v) is 5.49. The van der Waals surface area contributed by atoms with E-state index in [2.05, 4.69) is 29.6 Å². The van der Waals surface area contributed by atoms with Crippen molar-refractivity contribution in [3.8, 4) is 0 Å². The average Bonchev–Trinajstić information content (AvgIpc) is 2.97. The Bertz CT molecular complexity index is 1680. The highest BCUT2D eigenvalue weighted by Crippen LogP contribution is 2.49. The number of anilines is 1. The molecule has 39 heavy (non-hydrogen) atoms. The maximum absolute atomic E-state index is 13.1. The Morgan fingerprint density at radius 2 is 1.54 bits per heavy atom. The number of esters is 1. The highest BCUT2D eigenvalue weighted by molar-refractivity contribution is 6.30. The summed E-state index contributed by atoms with van der Waals surface area (Å²) in [6, 6.07) is 33.7. The summed E-state index contributed by atoms with van der Waals surface area (Å²) < 4.78 is 5.42. The van der Waals surface area contributed by atoms with Gasteiger partial charge < -0.3 is 10.1 Å². The molecule has 0 spiro atoms. The van der Waals surface area contributed by atoms with Gasteiger partial charge in [0.25, 0.3) is 0 Å². The van der Waals surface area contributed by atoms with Crippen molar-refractivity contribution in [3.63, 3.8) is 0 Å². The highest BCUT2D eigenvalue weighted by Gasteiger charge is 2.47. The van der Waals surface area contributed by atoms with Gasteiger partial charge in [-0.2, -0.15) is 0 Å². The zero-order chi connectivity index (χ0) is 27.0. The zero-order valence-electron chi connectivity index (χ0n) is 21.6. The number of halogens is 1. The van der Waals surface area contributed by atoms with Gasteiger partial charge in [0.15, 0.2) is 0 Å². The predicted molar refractivity (Wildman–Crippen MR) is 157 cm³/mol. The Balaban J connectivity index is 1.76. The Kier molecular flexibility index (Phi) is 6.37. The lowest BCUT2D eigenvalue weighted by atomic mass is 9.68. The molecule has 6 heteroatoms. The summed E-state index contributed by atoms with van der Waals surface area (Å²) in [6.07, 6.45) is 0. The lowest BCUT2D eigenvalue weighted by Gasteiger charge is -2.39. The minimum Gasteiger partial charge on any atom is -0.461 e. The van der Waals surface area contributed by atoms with Gasteiger partial charge in [-0.05, 0) is 72.3 Å². The van der Waals surface area contributed by atoms with Gasteiger partial charge in [0, 0.05) is 16.1 Å². The average molecular weight is 532 g/mol. The summed E-state index contributed by atoms with van der Waals surface area (Å²) in [5.41, 5.74) is 4.63. The Labute approximate surface area is 232 Å². The van der Waals surface area contributed by atoms with Crippen molar-refractivity contribution in [1.29, 1.82) is 0 Å². The molecule has 0 unspecified atom stereocenters. The van der Waals surface area contributed by atoms with Crippen LogP contribution in [0.1, 0.15) is 39.8 Å². The molecule has 1 aliphatic heterocycles. The van der Waals surface area contributed by atoms with Gasteiger partial charge in [0.05, 0.1) is 18.0 Å². The molecule has 1 aromatic heterocycles. The number of hydrogen-bond donors (Lipinski definition) is 1. The van der Waals surface area contributed by atoms with Crippen molar-refractivity contribution < 1.29 is 9.53 Å². The second-order valence-electron chi connectivity index (χ2n) is 9.48. The lowest BCUT2D eigenvalue weighted by molar-refractivity contribution is 0.0519. The van der Waals surface area contributed by atoms with Crippen molar-refractivity contribution in [2.45, 2.75) is 19.3 Å². The second kappa shape index (κ2) is 10.0. The molecule has 0 radical (unpaired) electrons. The van der Waals surface area contributed by atoms with Crippen molar-refractivity contribution in [2.75, 3.05) is 11.9 Å². The fourth-order valence-electron chi connectivity index (χ4n) is 5.36. The first-order chi connectivity index (χ1) is 19.0. The summed E-state index contributed by atoms with van der Waals surface area (Å²) in [5.74, 6) is 0.221. The van der Waals surface area contributed by atoms with Crippen LogP contribution in [0.15, 0.2) is 108 Å². The summed E-state index contributed by atoms with van der Waals surface area (Å²) in [5, 5.41) is 6.09. The van der Waals surface area contributed by atoms with E-state index < -0.39 is 11.4 Å². The Morgan fingerprint density at radius 1 is 0.897 bits per heavy atom. The molecule has 1 N–H and O–H groups in total. The molecule has 0 amide bonds.